The first-order valence-electron chi connectivity index (χ1n) is 22.8. The summed E-state index contributed by atoms with van der Waals surface area (Å²) in [7, 11) is 0. The molecule has 0 amide bonds. The summed E-state index contributed by atoms with van der Waals surface area (Å²) in [4.78, 5) is 38.3. The van der Waals surface area contributed by atoms with Crippen molar-refractivity contribution in [1.29, 1.82) is 0 Å². The number of nitrogens with two attached hydrogens (primary N) is 1. The Labute approximate surface area is 338 Å². The van der Waals surface area contributed by atoms with Crippen LogP contribution in [0, 0.1) is 11.3 Å². The summed E-state index contributed by atoms with van der Waals surface area (Å²) in [6, 6.07) is -0.754. The number of Topliss-reactive ketones (excluding diaryl/α,β-unsaturated/α-hetero) is 2. The minimum Gasteiger partial charge on any atom is -0.459 e. The van der Waals surface area contributed by atoms with Crippen LogP contribution in [-0.4, -0.2) is 66.1 Å². The van der Waals surface area contributed by atoms with Crippen LogP contribution in [0.5, 0.6) is 0 Å². The van der Waals surface area contributed by atoms with Crippen LogP contribution >= 0.6 is 11.8 Å². The molecule has 0 heterocycles. The Morgan fingerprint density at radius 1 is 0.611 bits per heavy atom. The fourth-order valence-electron chi connectivity index (χ4n) is 6.93. The van der Waals surface area contributed by atoms with Crippen LogP contribution in [0.4, 0.5) is 0 Å². The second-order valence-corrected chi connectivity index (χ2v) is 18.2. The van der Waals surface area contributed by atoms with Gasteiger partial charge in [-0.15, -0.1) is 0 Å². The maximum Gasteiger partial charge on any atom is 0.306 e. The maximum atomic E-state index is 12.8. The molecular weight excluding hydrogens is 695 g/mol. The lowest BCUT2D eigenvalue weighted by Gasteiger charge is -2.24. The van der Waals surface area contributed by atoms with Crippen LogP contribution < -0.4 is 5.73 Å². The number of unbranched alkanes of at least 4 members (excludes halogenated alkanes) is 25. The molecule has 0 rings (SSSR count). The van der Waals surface area contributed by atoms with Crippen molar-refractivity contribution in [2.24, 2.45) is 17.1 Å². The SMILES string of the molecule is CCCCCCCCCCCCCCCCOCC(CSCC(N)C(=O)CC(CO)C(=O)C(C)(C)C)OC(=O)CCCCCCCCCCCCCCC. The summed E-state index contributed by atoms with van der Waals surface area (Å²) in [5.41, 5.74) is 5.58. The molecule has 0 aromatic rings. The number of carbonyl (C=O) groups is 3. The number of hydrogen-bond acceptors (Lipinski definition) is 8. The molecule has 0 bridgehead atoms. The Balaban J connectivity index is 4.47. The normalized spacial score (nSPS) is 13.5. The highest BCUT2D eigenvalue weighted by atomic mass is 32.2. The van der Waals surface area contributed by atoms with Crippen LogP contribution in [0.25, 0.3) is 0 Å². The summed E-state index contributed by atoms with van der Waals surface area (Å²) in [5, 5.41) is 9.75. The van der Waals surface area contributed by atoms with Crippen molar-refractivity contribution < 1.29 is 29.0 Å². The Bertz CT molecular complexity index is 878. The van der Waals surface area contributed by atoms with E-state index in [0.29, 0.717) is 31.1 Å². The molecule has 0 radical (unpaired) electrons. The van der Waals surface area contributed by atoms with Gasteiger partial charge in [0.1, 0.15) is 11.9 Å². The van der Waals surface area contributed by atoms with Crippen LogP contribution in [0.15, 0.2) is 0 Å². The van der Waals surface area contributed by atoms with Crippen LogP contribution in [0.1, 0.15) is 221 Å². The van der Waals surface area contributed by atoms with E-state index in [9.17, 15) is 19.5 Å². The zero-order valence-electron chi connectivity index (χ0n) is 36.2. The molecule has 8 heteroatoms. The second-order valence-electron chi connectivity index (χ2n) is 17.1. The monoisotopic (exact) mass is 784 g/mol. The fraction of sp³-hybridized carbons (Fsp3) is 0.935. The van der Waals surface area contributed by atoms with Crippen molar-refractivity contribution >= 4 is 29.3 Å². The van der Waals surface area contributed by atoms with Gasteiger partial charge in [-0.25, -0.2) is 0 Å². The number of rotatable bonds is 41. The van der Waals surface area contributed by atoms with Gasteiger partial charge in [-0.1, -0.05) is 195 Å². The van der Waals surface area contributed by atoms with Gasteiger partial charge >= 0.3 is 5.97 Å². The minimum absolute atomic E-state index is 0.0613. The minimum atomic E-state index is -0.754. The number of aliphatic hydroxyl groups is 1. The first kappa shape index (κ1) is 53.0. The van der Waals surface area contributed by atoms with Gasteiger partial charge in [0.2, 0.25) is 0 Å². The van der Waals surface area contributed by atoms with Crippen LogP contribution in [-0.2, 0) is 23.9 Å². The smallest absolute Gasteiger partial charge is 0.306 e. The Morgan fingerprint density at radius 2 is 1.02 bits per heavy atom. The van der Waals surface area contributed by atoms with Crippen molar-refractivity contribution in [3.8, 4) is 0 Å². The van der Waals surface area contributed by atoms with Gasteiger partial charge in [0.05, 0.1) is 19.3 Å². The number of ketones is 2. The third-order valence-electron chi connectivity index (χ3n) is 10.5. The van der Waals surface area contributed by atoms with E-state index in [0.717, 1.165) is 32.1 Å². The predicted octanol–water partition coefficient (Wildman–Crippen LogP) is 12.1. The summed E-state index contributed by atoms with van der Waals surface area (Å²) < 4.78 is 11.9. The zero-order chi connectivity index (χ0) is 40.1. The zero-order valence-corrected chi connectivity index (χ0v) is 37.1. The van der Waals surface area contributed by atoms with E-state index in [1.54, 1.807) is 20.8 Å². The first-order valence-corrected chi connectivity index (χ1v) is 24.0. The number of carbonyl (C=O) groups excluding carboxylic acids is 3. The van der Waals surface area contributed by atoms with Gasteiger partial charge < -0.3 is 20.3 Å². The molecule has 0 aliphatic rings. The van der Waals surface area contributed by atoms with E-state index in [1.807, 2.05) is 0 Å². The third-order valence-corrected chi connectivity index (χ3v) is 11.7. The highest BCUT2D eigenvalue weighted by Crippen LogP contribution is 2.23. The first-order chi connectivity index (χ1) is 26.1. The average molecular weight is 784 g/mol. The molecule has 3 N–H and O–H groups in total. The highest BCUT2D eigenvalue weighted by Gasteiger charge is 2.32. The number of hydrogen-bond donors (Lipinski definition) is 2. The molecule has 0 saturated heterocycles. The van der Waals surface area contributed by atoms with E-state index in [2.05, 4.69) is 13.8 Å². The lowest BCUT2D eigenvalue weighted by molar-refractivity contribution is -0.150. The van der Waals surface area contributed by atoms with Gasteiger partial charge in [-0.05, 0) is 12.8 Å². The quantitative estimate of drug-likeness (QED) is 0.0465. The third kappa shape index (κ3) is 33.2. The topological polar surface area (TPSA) is 116 Å². The molecule has 7 nitrogen and oxygen atoms in total. The Hall–Kier alpha value is -0.960. The molecule has 0 spiro atoms. The molecule has 0 aliphatic carbocycles. The van der Waals surface area contributed by atoms with E-state index in [1.165, 1.54) is 153 Å². The number of thioether (sulfide) groups is 1. The van der Waals surface area contributed by atoms with E-state index in [4.69, 9.17) is 15.2 Å². The van der Waals surface area contributed by atoms with Gasteiger partial charge in [0.15, 0.2) is 5.78 Å². The Morgan fingerprint density at radius 3 is 1.43 bits per heavy atom. The van der Waals surface area contributed by atoms with Gasteiger partial charge in [-0.3, -0.25) is 14.4 Å². The largest absolute Gasteiger partial charge is 0.459 e. The highest BCUT2D eigenvalue weighted by molar-refractivity contribution is 7.99. The molecule has 0 saturated carbocycles. The van der Waals surface area contributed by atoms with Crippen LogP contribution in [0.3, 0.4) is 0 Å². The van der Waals surface area contributed by atoms with Crippen molar-refractivity contribution in [1.82, 2.24) is 0 Å². The molecule has 0 fully saturated rings. The van der Waals surface area contributed by atoms with Gasteiger partial charge in [0.25, 0.3) is 0 Å². The van der Waals surface area contributed by atoms with Crippen LogP contribution in [0.2, 0.25) is 0 Å². The summed E-state index contributed by atoms with van der Waals surface area (Å²) in [6.07, 6.45) is 34.8. The van der Waals surface area contributed by atoms with E-state index < -0.39 is 23.5 Å². The number of esters is 1. The van der Waals surface area contributed by atoms with Gasteiger partial charge in [0, 0.05) is 42.3 Å². The molecule has 3 atom stereocenters. The fourth-order valence-corrected chi connectivity index (χ4v) is 7.93. The lowest BCUT2D eigenvalue weighted by atomic mass is 9.81. The van der Waals surface area contributed by atoms with Gasteiger partial charge in [-0.2, -0.15) is 11.8 Å². The van der Waals surface area contributed by atoms with E-state index >= 15 is 0 Å². The number of aliphatic hydroxyl groups excluding tert-OH is 1. The molecule has 54 heavy (non-hydrogen) atoms. The average Bonchev–Trinajstić information content (AvgIpc) is 3.14. The standard InChI is InChI=1S/C46H89NO6S/c1-6-8-10-12-14-16-18-20-22-24-26-28-30-32-34-52-37-41(38-54-39-42(47)43(49)35-40(36-48)45(51)46(3,4)5)53-44(50)33-31-29-27-25-23-21-19-17-15-13-11-9-7-2/h40-42,48H,6-39,47H2,1-5H3. The van der Waals surface area contributed by atoms with E-state index in [-0.39, 0.29) is 30.6 Å². The summed E-state index contributed by atoms with van der Waals surface area (Å²) >= 11 is 1.47. The molecule has 0 aromatic heterocycles. The van der Waals surface area contributed by atoms with Crippen molar-refractivity contribution in [3.63, 3.8) is 0 Å². The molecule has 3 unspecified atom stereocenters. The molecule has 0 aromatic carbocycles. The second kappa shape index (κ2) is 37.6. The number of ether oxygens (including phenoxy) is 2. The summed E-state index contributed by atoms with van der Waals surface area (Å²) in [6.45, 7) is 10.5. The lowest BCUT2D eigenvalue weighted by Crippen LogP contribution is -2.39. The maximum absolute atomic E-state index is 12.8. The molecule has 320 valence electrons. The summed E-state index contributed by atoms with van der Waals surface area (Å²) in [5.74, 6) is -0.443. The molecule has 0 aliphatic heterocycles. The predicted molar refractivity (Wildman–Crippen MR) is 231 cm³/mol. The van der Waals surface area contributed by atoms with Crippen molar-refractivity contribution in [3.05, 3.63) is 0 Å². The molecular formula is C46H89NO6S. The van der Waals surface area contributed by atoms with Crippen molar-refractivity contribution in [2.75, 3.05) is 31.3 Å². The Kier molecular flexibility index (Phi) is 36.9. The van der Waals surface area contributed by atoms with Crippen molar-refractivity contribution in [2.45, 2.75) is 233 Å².